The van der Waals surface area contributed by atoms with Gasteiger partial charge in [-0.15, -0.1) is 11.6 Å². The number of nitrogens with zero attached hydrogens (tertiary/aromatic N) is 3. The molecular weight excluding hydrogens is 291 g/mol. The van der Waals surface area contributed by atoms with Gasteiger partial charge < -0.3 is 4.90 Å². The lowest BCUT2D eigenvalue weighted by molar-refractivity contribution is 0.154. The summed E-state index contributed by atoms with van der Waals surface area (Å²) < 4.78 is 25.2. The van der Waals surface area contributed by atoms with Crippen molar-refractivity contribution in [3.05, 3.63) is 16.9 Å². The fraction of sp³-hybridized carbons (Fsp3) is 0.500. The van der Waals surface area contributed by atoms with Gasteiger partial charge in [-0.2, -0.15) is 0 Å². The summed E-state index contributed by atoms with van der Waals surface area (Å²) >= 11 is 8.68. The summed E-state index contributed by atoms with van der Waals surface area (Å²) in [6.07, 6.45) is 0.588. The number of anilines is 1. The molecule has 0 fully saturated rings. The van der Waals surface area contributed by atoms with Gasteiger partial charge in [0.25, 0.3) is 6.43 Å². The second kappa shape index (κ2) is 6.17. The van der Waals surface area contributed by atoms with Gasteiger partial charge in [-0.3, -0.25) is 0 Å². The van der Waals surface area contributed by atoms with Crippen LogP contribution in [-0.2, 0) is 0 Å². The molecule has 0 amide bonds. The second-order valence-electron chi connectivity index (χ2n) is 2.73. The highest BCUT2D eigenvalue weighted by Gasteiger charge is 2.14. The smallest absolute Gasteiger partial charge is 0.255 e. The van der Waals surface area contributed by atoms with Gasteiger partial charge in [-0.25, -0.2) is 18.7 Å². The van der Waals surface area contributed by atoms with Crippen molar-refractivity contribution in [1.82, 2.24) is 9.97 Å². The van der Waals surface area contributed by atoms with E-state index in [1.54, 1.807) is 0 Å². The Balaban J connectivity index is 2.74. The quantitative estimate of drug-likeness (QED) is 0.783. The Hall–Kier alpha value is -0.490. The topological polar surface area (TPSA) is 29.0 Å². The van der Waals surface area contributed by atoms with E-state index in [1.165, 1.54) is 17.3 Å². The zero-order valence-electron chi connectivity index (χ0n) is 7.71. The van der Waals surface area contributed by atoms with E-state index in [0.717, 1.165) is 0 Å². The van der Waals surface area contributed by atoms with Crippen LogP contribution in [0.25, 0.3) is 0 Å². The van der Waals surface area contributed by atoms with Crippen LogP contribution in [-0.4, -0.2) is 35.4 Å². The van der Waals surface area contributed by atoms with Crippen LogP contribution in [0, 0.1) is 0 Å². The Morgan fingerprint density at radius 3 is 2.47 bits per heavy atom. The maximum atomic E-state index is 12.2. The molecule has 0 N–H and O–H groups in total. The molecule has 0 saturated carbocycles. The van der Waals surface area contributed by atoms with E-state index in [1.807, 2.05) is 0 Å². The first-order chi connectivity index (χ1) is 7.13. The molecule has 0 aliphatic heterocycles. The summed E-state index contributed by atoms with van der Waals surface area (Å²) in [5, 5.41) is 0. The molecule has 0 aliphatic rings. The summed E-state index contributed by atoms with van der Waals surface area (Å²) in [6, 6.07) is 0. The van der Waals surface area contributed by atoms with E-state index in [0.29, 0.717) is 11.0 Å². The van der Waals surface area contributed by atoms with E-state index in [4.69, 9.17) is 11.6 Å². The third-order valence-electron chi connectivity index (χ3n) is 1.60. The van der Waals surface area contributed by atoms with Crippen molar-refractivity contribution in [2.24, 2.45) is 0 Å². The van der Waals surface area contributed by atoms with Gasteiger partial charge in [0.1, 0.15) is 0 Å². The highest BCUT2D eigenvalue weighted by atomic mass is 79.9. The molecule has 7 heteroatoms. The van der Waals surface area contributed by atoms with Crippen LogP contribution in [0.3, 0.4) is 0 Å². The molecule has 1 heterocycles. The minimum absolute atomic E-state index is 0.256. The molecule has 0 unspecified atom stereocenters. The molecule has 0 spiro atoms. The number of halogens is 4. The molecule has 3 nitrogen and oxygen atoms in total. The molecule has 1 aromatic rings. The molecule has 0 aliphatic carbocycles. The molecule has 0 radical (unpaired) electrons. The first kappa shape index (κ1) is 12.6. The van der Waals surface area contributed by atoms with E-state index in [9.17, 15) is 8.78 Å². The molecular formula is C8H9BrClF2N3. The van der Waals surface area contributed by atoms with Crippen LogP contribution in [0.5, 0.6) is 0 Å². The van der Waals surface area contributed by atoms with Gasteiger partial charge in [-0.05, 0) is 15.9 Å². The van der Waals surface area contributed by atoms with Crippen molar-refractivity contribution in [2.75, 3.05) is 23.9 Å². The van der Waals surface area contributed by atoms with Gasteiger partial charge in [0.15, 0.2) is 0 Å². The predicted octanol–water partition coefficient (Wildman–Crippen LogP) is 2.55. The number of hydrogen-bond donors (Lipinski definition) is 0. The van der Waals surface area contributed by atoms with Crippen molar-refractivity contribution in [3.63, 3.8) is 0 Å². The second-order valence-corrected chi connectivity index (χ2v) is 4.02. The highest BCUT2D eigenvalue weighted by molar-refractivity contribution is 9.10. The number of alkyl halides is 3. The lowest BCUT2D eigenvalue weighted by Crippen LogP contribution is -2.32. The maximum Gasteiger partial charge on any atom is 0.255 e. The molecule has 1 rings (SSSR count). The molecule has 84 valence electrons. The van der Waals surface area contributed by atoms with Crippen LogP contribution in [0.15, 0.2) is 16.9 Å². The Morgan fingerprint density at radius 1 is 1.40 bits per heavy atom. The summed E-state index contributed by atoms with van der Waals surface area (Å²) in [7, 11) is 0. The first-order valence-corrected chi connectivity index (χ1v) is 5.53. The van der Waals surface area contributed by atoms with E-state index >= 15 is 0 Å². The fourth-order valence-corrected chi connectivity index (χ4v) is 1.42. The Bertz CT molecular complexity index is 296. The average molecular weight is 301 g/mol. The van der Waals surface area contributed by atoms with Crippen molar-refractivity contribution < 1.29 is 8.78 Å². The van der Waals surface area contributed by atoms with Gasteiger partial charge in [0, 0.05) is 24.8 Å². The van der Waals surface area contributed by atoms with Crippen LogP contribution in [0.1, 0.15) is 0 Å². The molecule has 15 heavy (non-hydrogen) atoms. The largest absolute Gasteiger partial charge is 0.334 e. The monoisotopic (exact) mass is 299 g/mol. The Morgan fingerprint density at radius 2 is 2.00 bits per heavy atom. The van der Waals surface area contributed by atoms with Gasteiger partial charge >= 0.3 is 0 Å². The van der Waals surface area contributed by atoms with Gasteiger partial charge in [0.05, 0.1) is 11.0 Å². The molecule has 0 atom stereocenters. The summed E-state index contributed by atoms with van der Waals surface area (Å²) in [5.41, 5.74) is 0. The first-order valence-electron chi connectivity index (χ1n) is 4.20. The third kappa shape index (κ3) is 4.25. The van der Waals surface area contributed by atoms with Crippen molar-refractivity contribution in [1.29, 1.82) is 0 Å². The fourth-order valence-electron chi connectivity index (χ4n) is 1.01. The lowest BCUT2D eigenvalue weighted by Gasteiger charge is -2.20. The lowest BCUT2D eigenvalue weighted by atomic mass is 10.5. The van der Waals surface area contributed by atoms with E-state index in [2.05, 4.69) is 25.9 Å². The van der Waals surface area contributed by atoms with Crippen LogP contribution < -0.4 is 4.90 Å². The number of hydrogen-bond acceptors (Lipinski definition) is 3. The van der Waals surface area contributed by atoms with Crippen molar-refractivity contribution >= 4 is 33.5 Å². The highest BCUT2D eigenvalue weighted by Crippen LogP contribution is 2.12. The SMILES string of the molecule is FC(F)CN(CCCl)c1ncc(Br)cn1. The zero-order valence-corrected chi connectivity index (χ0v) is 10.0. The predicted molar refractivity (Wildman–Crippen MR) is 58.7 cm³/mol. The van der Waals surface area contributed by atoms with Crippen LogP contribution in [0.4, 0.5) is 14.7 Å². The van der Waals surface area contributed by atoms with E-state index in [-0.39, 0.29) is 11.8 Å². The number of rotatable bonds is 5. The van der Waals surface area contributed by atoms with Crippen molar-refractivity contribution in [2.45, 2.75) is 6.43 Å². The van der Waals surface area contributed by atoms with Crippen molar-refractivity contribution in [3.8, 4) is 0 Å². The Kier molecular flexibility index (Phi) is 5.17. The van der Waals surface area contributed by atoms with Crippen LogP contribution >= 0.6 is 27.5 Å². The molecule has 0 saturated heterocycles. The molecule has 0 bridgehead atoms. The summed E-state index contributed by atoms with van der Waals surface area (Å²) in [4.78, 5) is 9.20. The normalized spacial score (nSPS) is 10.7. The minimum atomic E-state index is -2.43. The standard InChI is InChI=1S/C8H9BrClF2N3/c9-6-3-13-8(14-4-6)15(2-1-10)5-7(11)12/h3-4,7H,1-2,5H2. The van der Waals surface area contributed by atoms with E-state index < -0.39 is 13.0 Å². The van der Waals surface area contributed by atoms with Gasteiger partial charge in [0.2, 0.25) is 5.95 Å². The molecule has 0 aromatic carbocycles. The van der Waals surface area contributed by atoms with Crippen LogP contribution in [0.2, 0.25) is 0 Å². The summed E-state index contributed by atoms with van der Waals surface area (Å²) in [6.45, 7) is -0.109. The summed E-state index contributed by atoms with van der Waals surface area (Å²) in [5.74, 6) is 0.519. The average Bonchev–Trinajstić information content (AvgIpc) is 2.17. The zero-order chi connectivity index (χ0) is 11.3. The maximum absolute atomic E-state index is 12.2. The third-order valence-corrected chi connectivity index (χ3v) is 2.18. The van der Waals surface area contributed by atoms with Gasteiger partial charge in [-0.1, -0.05) is 0 Å². The number of aromatic nitrogens is 2. The Labute approximate surface area is 99.6 Å². The minimum Gasteiger partial charge on any atom is -0.334 e. The molecule has 1 aromatic heterocycles.